The molecule has 1 saturated heterocycles. The maximum atomic E-state index is 13.7. The first kappa shape index (κ1) is 37.1. The van der Waals surface area contributed by atoms with Crippen molar-refractivity contribution >= 4 is 55.5 Å². The van der Waals surface area contributed by atoms with Gasteiger partial charge >= 0.3 is 0 Å². The first-order valence-electron chi connectivity index (χ1n) is 17.8. The quantitative estimate of drug-likeness (QED) is 0.106. The molecule has 2 aliphatic rings. The monoisotopic (exact) mass is 768 g/mol. The molecule has 1 aliphatic heterocycles. The number of nitro benzene ring substituents is 1. The highest BCUT2D eigenvalue weighted by molar-refractivity contribution is 7.90. The highest BCUT2D eigenvalue weighted by Crippen LogP contribution is 2.43. The molecule has 2 N–H and O–H groups in total. The van der Waals surface area contributed by atoms with Gasteiger partial charge in [-0.05, 0) is 85.2 Å². The first-order chi connectivity index (χ1) is 25.7. The predicted molar refractivity (Wildman–Crippen MR) is 210 cm³/mol. The largest absolute Gasteiger partial charge is 0.455 e. The van der Waals surface area contributed by atoms with E-state index in [1.54, 1.807) is 24.4 Å². The molecule has 1 amide bonds. The number of nitrogens with one attached hydrogen (secondary N) is 2. The molecule has 54 heavy (non-hydrogen) atoms. The van der Waals surface area contributed by atoms with Gasteiger partial charge in [0.25, 0.3) is 21.6 Å². The third-order valence-electron chi connectivity index (χ3n) is 10.3. The van der Waals surface area contributed by atoms with Crippen LogP contribution >= 0.6 is 11.6 Å². The Hall–Kier alpha value is -5.24. The zero-order valence-electron chi connectivity index (χ0n) is 30.3. The number of rotatable bonds is 10. The predicted octanol–water partition coefficient (Wildman–Crippen LogP) is 8.13. The van der Waals surface area contributed by atoms with E-state index < -0.39 is 25.7 Å². The molecule has 7 rings (SSSR count). The normalized spacial score (nSPS) is 16.4. The van der Waals surface area contributed by atoms with Crippen LogP contribution in [0.3, 0.4) is 0 Å². The summed E-state index contributed by atoms with van der Waals surface area (Å²) in [6.45, 7) is 10.2. The smallest absolute Gasteiger partial charge is 0.273 e. The number of pyridine rings is 1. The van der Waals surface area contributed by atoms with E-state index in [4.69, 9.17) is 16.3 Å². The van der Waals surface area contributed by atoms with Gasteiger partial charge in [-0.2, -0.15) is 0 Å². The minimum Gasteiger partial charge on any atom is -0.455 e. The number of hydrogen-bond donors (Lipinski definition) is 2. The lowest BCUT2D eigenvalue weighted by molar-refractivity contribution is -0.385. The van der Waals surface area contributed by atoms with Crippen LogP contribution in [0.4, 0.5) is 11.4 Å². The van der Waals surface area contributed by atoms with Gasteiger partial charge in [0.2, 0.25) is 0 Å². The Balaban J connectivity index is 1.12. The first-order valence-corrected chi connectivity index (χ1v) is 19.6. The average Bonchev–Trinajstić information content (AvgIpc) is 3.61. The van der Waals surface area contributed by atoms with Crippen molar-refractivity contribution in [3.05, 3.63) is 123 Å². The summed E-state index contributed by atoms with van der Waals surface area (Å²) in [7, 11) is -4.47. The molecule has 0 spiro atoms. The molecule has 1 fully saturated rings. The third-order valence-corrected chi connectivity index (χ3v) is 11.8. The fourth-order valence-electron chi connectivity index (χ4n) is 7.17. The molecule has 14 heteroatoms. The number of H-pyrrole nitrogens is 1. The number of sulfonamides is 1. The summed E-state index contributed by atoms with van der Waals surface area (Å²) in [6, 6.07) is 20.3. The second kappa shape index (κ2) is 14.9. The van der Waals surface area contributed by atoms with E-state index >= 15 is 0 Å². The summed E-state index contributed by atoms with van der Waals surface area (Å²) >= 11 is 6.22. The van der Waals surface area contributed by atoms with Crippen molar-refractivity contribution in [3.8, 4) is 11.5 Å². The highest BCUT2D eigenvalue weighted by Gasteiger charge is 2.30. The number of fused-ring (bicyclic) bond motifs is 1. The van der Waals surface area contributed by atoms with Crippen LogP contribution < -0.4 is 14.4 Å². The van der Waals surface area contributed by atoms with Crippen molar-refractivity contribution in [1.82, 2.24) is 19.6 Å². The summed E-state index contributed by atoms with van der Waals surface area (Å²) in [6.07, 6.45) is 6.49. The number of amides is 1. The number of aromatic nitrogens is 2. The van der Waals surface area contributed by atoms with Gasteiger partial charge in [-0.15, -0.1) is 0 Å². The number of aryl methyl sites for hydroxylation is 1. The Morgan fingerprint density at radius 3 is 2.54 bits per heavy atom. The number of nitro groups is 1. The zero-order valence-corrected chi connectivity index (χ0v) is 31.8. The Morgan fingerprint density at radius 1 is 1.04 bits per heavy atom. The summed E-state index contributed by atoms with van der Waals surface area (Å²) in [5.74, 6) is -0.451. The van der Waals surface area contributed by atoms with Gasteiger partial charge in [-0.1, -0.05) is 49.2 Å². The van der Waals surface area contributed by atoms with Crippen molar-refractivity contribution in [1.29, 1.82) is 0 Å². The van der Waals surface area contributed by atoms with Crippen molar-refractivity contribution in [3.63, 3.8) is 0 Å². The number of carbonyl (C=O) groups is 1. The van der Waals surface area contributed by atoms with Crippen LogP contribution in [0, 0.1) is 22.5 Å². The van der Waals surface area contributed by atoms with Crippen LogP contribution in [0.15, 0.2) is 95.7 Å². The van der Waals surface area contributed by atoms with Crippen molar-refractivity contribution in [2.75, 3.05) is 37.6 Å². The van der Waals surface area contributed by atoms with Gasteiger partial charge in [0.05, 0.1) is 21.6 Å². The minimum atomic E-state index is -4.47. The van der Waals surface area contributed by atoms with Gasteiger partial charge in [0.15, 0.2) is 0 Å². The SMILES string of the molecule is Cc1ccc(S(=O)(=O)NC(=O)c2ccc(N3CCN(CC4=C(c5ccc(Cl)cc5)CC(C)(C)CC4)CC3)cc2Oc2cnc3[nH]ccc3c2)cc1[N+](=O)[O-]. The number of aromatic amines is 1. The number of piperazine rings is 1. The van der Waals surface area contributed by atoms with E-state index in [9.17, 15) is 23.3 Å². The van der Waals surface area contributed by atoms with Crippen molar-refractivity contribution in [2.24, 2.45) is 5.41 Å². The van der Waals surface area contributed by atoms with Gasteiger partial charge in [-0.3, -0.25) is 19.8 Å². The number of allylic oxidation sites excluding steroid dienone is 1. The molecule has 0 unspecified atom stereocenters. The number of halogens is 1. The maximum Gasteiger partial charge on any atom is 0.273 e. The molecule has 3 aromatic carbocycles. The maximum absolute atomic E-state index is 13.7. The summed E-state index contributed by atoms with van der Waals surface area (Å²) in [5.41, 5.74) is 5.73. The van der Waals surface area contributed by atoms with E-state index in [0.717, 1.165) is 74.1 Å². The van der Waals surface area contributed by atoms with Crippen molar-refractivity contribution in [2.45, 2.75) is 44.9 Å². The fraction of sp³-hybridized carbons (Fsp3) is 0.300. The van der Waals surface area contributed by atoms with Gasteiger partial charge < -0.3 is 14.6 Å². The molecule has 0 saturated carbocycles. The van der Waals surface area contributed by atoms with Gasteiger partial charge in [0.1, 0.15) is 17.1 Å². The molecule has 280 valence electrons. The van der Waals surface area contributed by atoms with E-state index in [0.29, 0.717) is 17.0 Å². The van der Waals surface area contributed by atoms with Crippen LogP contribution in [-0.2, 0) is 10.0 Å². The van der Waals surface area contributed by atoms with E-state index in [2.05, 4.69) is 50.5 Å². The standard InChI is InChI=1S/C40H41ClN6O6S/c1-26-4-10-33(22-36(26)47(49)50)54(51,52)44-39(48)34-11-9-31(21-37(34)53-32-20-28-13-15-42-38(28)43-24-32)46-18-16-45(17-19-46)25-29-12-14-40(2,3)23-35(29)27-5-7-30(41)8-6-27/h4-11,13,15,20-22,24H,12,14,16-19,23,25H2,1-3H3,(H,42,43)(H,44,48). The Morgan fingerprint density at radius 2 is 1.80 bits per heavy atom. The number of ether oxygens (including phenoxy) is 1. The molecule has 5 aromatic rings. The zero-order chi connectivity index (χ0) is 38.2. The lowest BCUT2D eigenvalue weighted by Crippen LogP contribution is -2.47. The highest BCUT2D eigenvalue weighted by atomic mass is 35.5. The summed E-state index contributed by atoms with van der Waals surface area (Å²) in [5, 5.41) is 13.0. The second-order valence-electron chi connectivity index (χ2n) is 14.7. The molecule has 0 atom stereocenters. The van der Waals surface area contributed by atoms with Crippen LogP contribution in [0.5, 0.6) is 11.5 Å². The fourth-order valence-corrected chi connectivity index (χ4v) is 8.28. The summed E-state index contributed by atoms with van der Waals surface area (Å²) in [4.78, 5) is 36.2. The number of anilines is 1. The van der Waals surface area contributed by atoms with Crippen LogP contribution in [0.25, 0.3) is 16.6 Å². The van der Waals surface area contributed by atoms with Crippen LogP contribution in [0.2, 0.25) is 5.02 Å². The molecular weight excluding hydrogens is 728 g/mol. The van der Waals surface area contributed by atoms with Gasteiger partial charge in [-0.25, -0.2) is 18.1 Å². The Kier molecular flexibility index (Phi) is 10.2. The third kappa shape index (κ3) is 8.13. The molecule has 0 bridgehead atoms. The molecular formula is C40H41ClN6O6S. The lowest BCUT2D eigenvalue weighted by Gasteiger charge is -2.39. The molecule has 12 nitrogen and oxygen atoms in total. The van der Waals surface area contributed by atoms with E-state index in [1.807, 2.05) is 18.2 Å². The van der Waals surface area contributed by atoms with Gasteiger partial charge in [0, 0.05) is 72.7 Å². The van der Waals surface area contributed by atoms with E-state index in [1.165, 1.54) is 48.0 Å². The van der Waals surface area contributed by atoms with E-state index in [-0.39, 0.29) is 22.4 Å². The number of nitrogens with zero attached hydrogens (tertiary/aromatic N) is 4. The Labute approximate surface area is 319 Å². The average molecular weight is 769 g/mol. The topological polar surface area (TPSA) is 151 Å². The molecule has 3 heterocycles. The second-order valence-corrected chi connectivity index (χ2v) is 16.8. The number of carbonyl (C=O) groups excluding carboxylic acids is 1. The van der Waals surface area contributed by atoms with Crippen LogP contribution in [-0.4, -0.2) is 66.8 Å². The minimum absolute atomic E-state index is 0.0290. The Bertz CT molecular complexity index is 2380. The number of hydrogen-bond acceptors (Lipinski definition) is 9. The summed E-state index contributed by atoms with van der Waals surface area (Å²) < 4.78 is 34.9. The lowest BCUT2D eigenvalue weighted by atomic mass is 9.72. The molecule has 1 aliphatic carbocycles. The molecule has 2 aromatic heterocycles. The number of benzene rings is 3. The van der Waals surface area contributed by atoms with Crippen LogP contribution in [0.1, 0.15) is 54.6 Å². The molecule has 0 radical (unpaired) electrons. The van der Waals surface area contributed by atoms with Crippen molar-refractivity contribution < 1.29 is 22.9 Å².